The molecule has 0 spiro atoms. The molecule has 2 aromatic carbocycles. The molecule has 0 unspecified atom stereocenters. The molecule has 2 aromatic rings. The highest BCUT2D eigenvalue weighted by Crippen LogP contribution is 2.20. The monoisotopic (exact) mass is 464 g/mol. The van der Waals surface area contributed by atoms with Gasteiger partial charge in [-0.2, -0.15) is 0 Å². The molecule has 9 heteroatoms. The van der Waals surface area contributed by atoms with Gasteiger partial charge < -0.3 is 26.0 Å². The van der Waals surface area contributed by atoms with Crippen molar-refractivity contribution in [3.63, 3.8) is 0 Å². The van der Waals surface area contributed by atoms with E-state index in [1.165, 1.54) is 0 Å². The molecule has 0 aromatic heterocycles. The normalized spacial score (nSPS) is 21.9. The summed E-state index contributed by atoms with van der Waals surface area (Å²) >= 11 is 0. The molecule has 1 saturated carbocycles. The van der Waals surface area contributed by atoms with Crippen molar-refractivity contribution in [2.45, 2.75) is 43.8 Å². The van der Waals surface area contributed by atoms with Crippen molar-refractivity contribution in [3.8, 4) is 5.75 Å². The van der Waals surface area contributed by atoms with E-state index in [4.69, 9.17) is 4.74 Å². The van der Waals surface area contributed by atoms with Gasteiger partial charge in [0.15, 0.2) is 0 Å². The summed E-state index contributed by atoms with van der Waals surface area (Å²) in [5.41, 5.74) is 0.848. The van der Waals surface area contributed by atoms with Crippen LogP contribution in [0.15, 0.2) is 54.6 Å². The van der Waals surface area contributed by atoms with E-state index in [0.29, 0.717) is 11.3 Å². The van der Waals surface area contributed by atoms with Crippen LogP contribution >= 0.6 is 0 Å². The summed E-state index contributed by atoms with van der Waals surface area (Å²) < 4.78 is 5.74. The lowest BCUT2D eigenvalue weighted by atomic mass is 9.93. The zero-order valence-electron chi connectivity index (χ0n) is 18.7. The van der Waals surface area contributed by atoms with Gasteiger partial charge in [0.25, 0.3) is 5.91 Å². The fourth-order valence-corrected chi connectivity index (χ4v) is 3.87. The average Bonchev–Trinajstić information content (AvgIpc) is 2.82. The van der Waals surface area contributed by atoms with Gasteiger partial charge in [-0.3, -0.25) is 19.2 Å². The Morgan fingerprint density at radius 3 is 2.41 bits per heavy atom. The third-order valence-electron chi connectivity index (χ3n) is 5.95. The minimum atomic E-state index is -1.11. The second-order valence-corrected chi connectivity index (χ2v) is 8.41. The molecule has 1 heterocycles. The zero-order chi connectivity index (χ0) is 23.9. The van der Waals surface area contributed by atoms with Gasteiger partial charge in [0.2, 0.25) is 17.7 Å². The minimum Gasteiger partial charge on any atom is -0.491 e. The number of benzene rings is 2. The van der Waals surface area contributed by atoms with E-state index in [1.54, 1.807) is 48.5 Å². The van der Waals surface area contributed by atoms with Crippen molar-refractivity contribution in [1.82, 2.24) is 21.3 Å². The van der Waals surface area contributed by atoms with E-state index in [9.17, 15) is 19.2 Å². The molecular formula is C25H28N4O5. The molecule has 0 radical (unpaired) electrons. The summed E-state index contributed by atoms with van der Waals surface area (Å²) in [6, 6.07) is 13.5. The second kappa shape index (κ2) is 10.8. The van der Waals surface area contributed by atoms with Crippen molar-refractivity contribution < 1.29 is 23.9 Å². The Morgan fingerprint density at radius 1 is 0.941 bits per heavy atom. The van der Waals surface area contributed by atoms with Crippen molar-refractivity contribution in [2.75, 3.05) is 13.2 Å². The number of rotatable bonds is 3. The lowest BCUT2D eigenvalue weighted by Crippen LogP contribution is -2.53. The van der Waals surface area contributed by atoms with Gasteiger partial charge in [-0.25, -0.2) is 0 Å². The number of para-hydroxylation sites is 1. The SMILES string of the molecule is O=C1C[C@@H](C(=O)NC2CCC2)NC(=O)c2ccccc2OCCNC(=O)[C@H](c2ccccc2)N1. The standard InChI is InChI=1S/C25H28N4O5/c30-21-15-19(24(32)27-17-9-6-10-17)28-23(31)18-11-4-5-12-20(18)34-14-13-26-25(33)22(29-21)16-7-2-1-3-8-16/h1-5,7-8,11-12,17,19,22H,6,9-10,13-15H2,(H,26,33)(H,27,32)(H,28,31)(H,29,30)/t19-,22-/m0/s1. The van der Waals surface area contributed by atoms with E-state index in [-0.39, 0.29) is 31.2 Å². The highest BCUT2D eigenvalue weighted by atomic mass is 16.5. The van der Waals surface area contributed by atoms with Gasteiger partial charge in [0, 0.05) is 6.04 Å². The summed E-state index contributed by atoms with van der Waals surface area (Å²) in [6.45, 7) is 0.303. The largest absolute Gasteiger partial charge is 0.491 e. The fraction of sp³-hybridized carbons (Fsp3) is 0.360. The van der Waals surface area contributed by atoms with Crippen LogP contribution in [0.4, 0.5) is 0 Å². The van der Waals surface area contributed by atoms with E-state index in [0.717, 1.165) is 19.3 Å². The van der Waals surface area contributed by atoms with Crippen LogP contribution in [-0.4, -0.2) is 48.9 Å². The number of hydrogen-bond donors (Lipinski definition) is 4. The maximum absolute atomic E-state index is 13.0. The van der Waals surface area contributed by atoms with Gasteiger partial charge in [-0.15, -0.1) is 0 Å². The van der Waals surface area contributed by atoms with E-state index in [1.807, 2.05) is 6.07 Å². The van der Waals surface area contributed by atoms with E-state index in [2.05, 4.69) is 21.3 Å². The summed E-state index contributed by atoms with van der Waals surface area (Å²) in [4.78, 5) is 51.9. The number of carbonyl (C=O) groups is 4. The Balaban J connectivity index is 1.61. The topological polar surface area (TPSA) is 126 Å². The third-order valence-corrected chi connectivity index (χ3v) is 5.95. The first-order valence-corrected chi connectivity index (χ1v) is 11.5. The molecule has 4 rings (SSSR count). The predicted octanol–water partition coefficient (Wildman–Crippen LogP) is 1.21. The quantitative estimate of drug-likeness (QED) is 0.543. The van der Waals surface area contributed by atoms with Crippen molar-refractivity contribution in [1.29, 1.82) is 0 Å². The molecule has 2 aliphatic rings. The Kier molecular flexibility index (Phi) is 7.41. The number of carbonyl (C=O) groups excluding carboxylic acids is 4. The Bertz CT molecular complexity index is 1050. The Morgan fingerprint density at radius 2 is 1.68 bits per heavy atom. The molecule has 2 atom stereocenters. The van der Waals surface area contributed by atoms with Gasteiger partial charge in [-0.05, 0) is 37.0 Å². The van der Waals surface area contributed by atoms with Crippen LogP contribution in [0.2, 0.25) is 0 Å². The predicted molar refractivity (Wildman–Crippen MR) is 124 cm³/mol. The summed E-state index contributed by atoms with van der Waals surface area (Å²) in [5, 5.41) is 11.1. The first-order chi connectivity index (χ1) is 16.5. The van der Waals surface area contributed by atoms with Crippen LogP contribution in [0, 0.1) is 0 Å². The Labute approximate surface area is 197 Å². The Hall–Kier alpha value is -3.88. The average molecular weight is 465 g/mol. The number of amides is 4. The molecule has 4 amide bonds. The van der Waals surface area contributed by atoms with Crippen LogP contribution in [0.25, 0.3) is 0 Å². The molecule has 9 nitrogen and oxygen atoms in total. The summed E-state index contributed by atoms with van der Waals surface area (Å²) in [5.74, 6) is -1.54. The third kappa shape index (κ3) is 5.72. The molecule has 178 valence electrons. The molecule has 1 aliphatic heterocycles. The van der Waals surface area contributed by atoms with E-state index >= 15 is 0 Å². The lowest BCUT2D eigenvalue weighted by Gasteiger charge is -2.29. The van der Waals surface area contributed by atoms with Crippen molar-refractivity contribution >= 4 is 23.6 Å². The molecule has 1 fully saturated rings. The van der Waals surface area contributed by atoms with Crippen LogP contribution in [0.1, 0.15) is 47.6 Å². The highest BCUT2D eigenvalue weighted by Gasteiger charge is 2.31. The molecule has 0 saturated heterocycles. The van der Waals surface area contributed by atoms with Gasteiger partial charge >= 0.3 is 0 Å². The van der Waals surface area contributed by atoms with Crippen LogP contribution in [0.3, 0.4) is 0 Å². The van der Waals surface area contributed by atoms with Gasteiger partial charge in [-0.1, -0.05) is 42.5 Å². The van der Waals surface area contributed by atoms with Crippen LogP contribution < -0.4 is 26.0 Å². The smallest absolute Gasteiger partial charge is 0.255 e. The van der Waals surface area contributed by atoms with Crippen LogP contribution in [0.5, 0.6) is 5.75 Å². The molecule has 34 heavy (non-hydrogen) atoms. The summed E-state index contributed by atoms with van der Waals surface area (Å²) in [7, 11) is 0. The van der Waals surface area contributed by atoms with Crippen molar-refractivity contribution in [3.05, 3.63) is 65.7 Å². The maximum atomic E-state index is 13.0. The molecular weight excluding hydrogens is 436 g/mol. The lowest BCUT2D eigenvalue weighted by molar-refractivity contribution is -0.131. The van der Waals surface area contributed by atoms with Gasteiger partial charge in [0.05, 0.1) is 18.5 Å². The fourth-order valence-electron chi connectivity index (χ4n) is 3.87. The van der Waals surface area contributed by atoms with Gasteiger partial charge in [0.1, 0.15) is 24.4 Å². The number of ether oxygens (including phenoxy) is 1. The molecule has 0 bridgehead atoms. The van der Waals surface area contributed by atoms with E-state index < -0.39 is 35.7 Å². The number of hydrogen-bond acceptors (Lipinski definition) is 5. The molecule has 1 aliphatic carbocycles. The zero-order valence-corrected chi connectivity index (χ0v) is 18.7. The van der Waals surface area contributed by atoms with Crippen molar-refractivity contribution in [2.24, 2.45) is 0 Å². The second-order valence-electron chi connectivity index (χ2n) is 8.41. The summed E-state index contributed by atoms with van der Waals surface area (Å²) in [6.07, 6.45) is 2.45. The van der Waals surface area contributed by atoms with Crippen LogP contribution in [-0.2, 0) is 14.4 Å². The number of nitrogens with one attached hydrogen (secondary N) is 4. The highest BCUT2D eigenvalue weighted by molar-refractivity contribution is 6.01. The maximum Gasteiger partial charge on any atom is 0.255 e. The first-order valence-electron chi connectivity index (χ1n) is 11.5. The first kappa shape index (κ1) is 23.3. The number of fused-ring (bicyclic) bond motifs is 1. The minimum absolute atomic E-state index is 0.0408. The molecule has 4 N–H and O–H groups in total.